The van der Waals surface area contributed by atoms with Gasteiger partial charge in [-0.05, 0) is 37.1 Å². The predicted octanol–water partition coefficient (Wildman–Crippen LogP) is 3.90. The summed E-state index contributed by atoms with van der Waals surface area (Å²) in [5, 5.41) is 3.09. The summed E-state index contributed by atoms with van der Waals surface area (Å²) in [4.78, 5) is 37.1. The average Bonchev–Trinajstić information content (AvgIpc) is 2.81. The zero-order valence-corrected chi connectivity index (χ0v) is 18.0. The SMILES string of the molecule is Cc1ccc(C(NC(=O)Cc2c(C)nc(-c3cccnc3)[nH]c2=O)c2ccccc2)cc1. The fourth-order valence-corrected chi connectivity index (χ4v) is 3.59. The van der Waals surface area contributed by atoms with E-state index in [1.54, 1.807) is 25.4 Å². The van der Waals surface area contributed by atoms with Crippen LogP contribution in [0.4, 0.5) is 0 Å². The molecule has 0 fully saturated rings. The van der Waals surface area contributed by atoms with Crippen LogP contribution in [0.2, 0.25) is 0 Å². The Bertz CT molecular complexity index is 1270. The molecule has 2 aromatic carbocycles. The van der Waals surface area contributed by atoms with Crippen molar-refractivity contribution in [1.29, 1.82) is 0 Å². The molecule has 6 nitrogen and oxygen atoms in total. The van der Waals surface area contributed by atoms with Gasteiger partial charge < -0.3 is 10.3 Å². The molecule has 2 N–H and O–H groups in total. The van der Waals surface area contributed by atoms with Crippen molar-refractivity contribution in [2.45, 2.75) is 26.3 Å². The van der Waals surface area contributed by atoms with Gasteiger partial charge in [0.2, 0.25) is 5.91 Å². The van der Waals surface area contributed by atoms with E-state index in [0.29, 0.717) is 22.6 Å². The number of hydrogen-bond donors (Lipinski definition) is 2. The van der Waals surface area contributed by atoms with E-state index in [-0.39, 0.29) is 23.9 Å². The molecule has 32 heavy (non-hydrogen) atoms. The van der Waals surface area contributed by atoms with Gasteiger partial charge in [-0.2, -0.15) is 0 Å². The molecule has 4 aromatic rings. The number of aromatic amines is 1. The first-order valence-electron chi connectivity index (χ1n) is 10.4. The van der Waals surface area contributed by atoms with E-state index in [0.717, 1.165) is 16.7 Å². The molecule has 160 valence electrons. The van der Waals surface area contributed by atoms with Crippen molar-refractivity contribution >= 4 is 5.91 Å². The number of amides is 1. The van der Waals surface area contributed by atoms with E-state index in [1.807, 2.05) is 67.6 Å². The molecular weight excluding hydrogens is 400 g/mol. The molecule has 1 amide bonds. The molecule has 0 saturated heterocycles. The Balaban J connectivity index is 1.58. The van der Waals surface area contributed by atoms with Gasteiger partial charge >= 0.3 is 0 Å². The molecule has 2 aromatic heterocycles. The van der Waals surface area contributed by atoms with E-state index in [4.69, 9.17) is 0 Å². The first kappa shape index (κ1) is 21.2. The van der Waals surface area contributed by atoms with Gasteiger partial charge in [0.05, 0.1) is 12.5 Å². The number of nitrogens with one attached hydrogen (secondary N) is 2. The third-order valence-corrected chi connectivity index (χ3v) is 5.34. The van der Waals surface area contributed by atoms with Gasteiger partial charge in [0, 0.05) is 29.2 Å². The first-order valence-corrected chi connectivity index (χ1v) is 10.4. The summed E-state index contributed by atoms with van der Waals surface area (Å²) in [5.74, 6) is 0.190. The Morgan fingerprint density at radius 1 is 0.969 bits per heavy atom. The van der Waals surface area contributed by atoms with Gasteiger partial charge in [-0.25, -0.2) is 4.98 Å². The maximum atomic E-state index is 13.0. The normalized spacial score (nSPS) is 11.7. The van der Waals surface area contributed by atoms with Gasteiger partial charge in [-0.3, -0.25) is 14.6 Å². The molecule has 4 rings (SSSR count). The Kier molecular flexibility index (Phi) is 6.22. The number of nitrogens with zero attached hydrogens (tertiary/aromatic N) is 2. The Morgan fingerprint density at radius 3 is 2.34 bits per heavy atom. The van der Waals surface area contributed by atoms with Crippen molar-refractivity contribution < 1.29 is 4.79 Å². The number of pyridine rings is 1. The maximum absolute atomic E-state index is 13.0. The number of benzene rings is 2. The second-order valence-electron chi connectivity index (χ2n) is 7.72. The zero-order chi connectivity index (χ0) is 22.5. The summed E-state index contributed by atoms with van der Waals surface area (Å²) in [6.45, 7) is 3.77. The summed E-state index contributed by atoms with van der Waals surface area (Å²) in [5.41, 5.74) is 4.37. The summed E-state index contributed by atoms with van der Waals surface area (Å²) in [7, 11) is 0. The lowest BCUT2D eigenvalue weighted by molar-refractivity contribution is -0.121. The Hall–Kier alpha value is -4.06. The monoisotopic (exact) mass is 424 g/mol. The number of carbonyl (C=O) groups excluding carboxylic acids is 1. The van der Waals surface area contributed by atoms with E-state index in [1.165, 1.54) is 0 Å². The van der Waals surface area contributed by atoms with E-state index < -0.39 is 0 Å². The van der Waals surface area contributed by atoms with Crippen molar-refractivity contribution in [3.8, 4) is 11.4 Å². The van der Waals surface area contributed by atoms with Gasteiger partial charge in [0.15, 0.2) is 0 Å². The van der Waals surface area contributed by atoms with Crippen molar-refractivity contribution in [3.63, 3.8) is 0 Å². The van der Waals surface area contributed by atoms with Crippen LogP contribution >= 0.6 is 0 Å². The predicted molar refractivity (Wildman–Crippen MR) is 124 cm³/mol. The highest BCUT2D eigenvalue weighted by atomic mass is 16.2. The average molecular weight is 425 g/mol. The molecule has 1 atom stereocenters. The third kappa shape index (κ3) is 4.81. The fourth-order valence-electron chi connectivity index (χ4n) is 3.59. The molecule has 0 radical (unpaired) electrons. The molecule has 2 heterocycles. The van der Waals surface area contributed by atoms with E-state index in [9.17, 15) is 9.59 Å². The summed E-state index contributed by atoms with van der Waals surface area (Å²) in [6, 6.07) is 21.1. The number of aryl methyl sites for hydroxylation is 2. The molecule has 0 spiro atoms. The maximum Gasteiger partial charge on any atom is 0.255 e. The molecule has 1 unspecified atom stereocenters. The van der Waals surface area contributed by atoms with Crippen LogP contribution in [0.5, 0.6) is 0 Å². The summed E-state index contributed by atoms with van der Waals surface area (Å²) < 4.78 is 0. The third-order valence-electron chi connectivity index (χ3n) is 5.34. The van der Waals surface area contributed by atoms with Gasteiger partial charge in [-0.15, -0.1) is 0 Å². The lowest BCUT2D eigenvalue weighted by Crippen LogP contribution is -2.33. The van der Waals surface area contributed by atoms with Gasteiger partial charge in [-0.1, -0.05) is 60.2 Å². The highest BCUT2D eigenvalue weighted by Crippen LogP contribution is 2.22. The van der Waals surface area contributed by atoms with Crippen LogP contribution in [0.1, 0.15) is 34.0 Å². The van der Waals surface area contributed by atoms with Crippen LogP contribution in [-0.4, -0.2) is 20.9 Å². The van der Waals surface area contributed by atoms with Crippen molar-refractivity contribution in [1.82, 2.24) is 20.3 Å². The second kappa shape index (κ2) is 9.39. The zero-order valence-electron chi connectivity index (χ0n) is 18.0. The van der Waals surface area contributed by atoms with Crippen LogP contribution in [0, 0.1) is 13.8 Å². The summed E-state index contributed by atoms with van der Waals surface area (Å²) >= 11 is 0. The topological polar surface area (TPSA) is 87.7 Å². The van der Waals surface area contributed by atoms with Crippen LogP contribution in [0.25, 0.3) is 11.4 Å². The molecule has 0 aliphatic carbocycles. The quantitative estimate of drug-likeness (QED) is 0.491. The number of H-pyrrole nitrogens is 1. The van der Waals surface area contributed by atoms with Gasteiger partial charge in [0.25, 0.3) is 5.56 Å². The standard InChI is InChI=1S/C26H24N4O2/c1-17-10-12-20(13-11-17)24(19-7-4-3-5-8-19)29-23(31)15-22-18(2)28-25(30-26(22)32)21-9-6-14-27-16-21/h3-14,16,24H,15H2,1-2H3,(H,29,31)(H,28,30,32). The van der Waals surface area contributed by atoms with Crippen molar-refractivity contribution in [2.75, 3.05) is 0 Å². The molecule has 0 saturated carbocycles. The lowest BCUT2D eigenvalue weighted by atomic mass is 9.97. The first-order chi connectivity index (χ1) is 15.5. The van der Waals surface area contributed by atoms with Gasteiger partial charge in [0.1, 0.15) is 5.82 Å². The van der Waals surface area contributed by atoms with Crippen LogP contribution < -0.4 is 10.9 Å². The lowest BCUT2D eigenvalue weighted by Gasteiger charge is -2.20. The molecular formula is C26H24N4O2. The number of carbonyl (C=O) groups is 1. The summed E-state index contributed by atoms with van der Waals surface area (Å²) in [6.07, 6.45) is 3.23. The van der Waals surface area contributed by atoms with Crippen LogP contribution in [0.3, 0.4) is 0 Å². The van der Waals surface area contributed by atoms with Crippen molar-refractivity contribution in [3.05, 3.63) is 117 Å². The highest BCUT2D eigenvalue weighted by Gasteiger charge is 2.19. The number of aromatic nitrogens is 3. The number of rotatable bonds is 6. The minimum atomic E-state index is -0.321. The Labute approximate surface area is 186 Å². The molecule has 0 aliphatic heterocycles. The second-order valence-corrected chi connectivity index (χ2v) is 7.72. The van der Waals surface area contributed by atoms with Crippen molar-refractivity contribution in [2.24, 2.45) is 0 Å². The Morgan fingerprint density at radius 2 is 1.69 bits per heavy atom. The fraction of sp³-hybridized carbons (Fsp3) is 0.154. The molecule has 0 aliphatic rings. The van der Waals surface area contributed by atoms with E-state index in [2.05, 4.69) is 20.3 Å². The largest absolute Gasteiger partial charge is 0.345 e. The van der Waals surface area contributed by atoms with Crippen LogP contribution in [0.15, 0.2) is 83.9 Å². The number of hydrogen-bond acceptors (Lipinski definition) is 4. The minimum absolute atomic E-state index is 0.0588. The van der Waals surface area contributed by atoms with Crippen LogP contribution in [-0.2, 0) is 11.2 Å². The van der Waals surface area contributed by atoms with E-state index >= 15 is 0 Å². The minimum Gasteiger partial charge on any atom is -0.345 e. The molecule has 6 heteroatoms. The smallest absolute Gasteiger partial charge is 0.255 e. The highest BCUT2D eigenvalue weighted by molar-refractivity contribution is 5.79. The molecule has 0 bridgehead atoms.